The minimum Gasteiger partial charge on any atom is -0.481 e. The van der Waals surface area contributed by atoms with Crippen molar-refractivity contribution in [2.24, 2.45) is 0 Å². The van der Waals surface area contributed by atoms with Crippen molar-refractivity contribution in [1.29, 1.82) is 5.26 Å². The van der Waals surface area contributed by atoms with Crippen LogP contribution in [0.1, 0.15) is 64.4 Å². The third-order valence-corrected chi connectivity index (χ3v) is 9.74. The molecule has 0 saturated heterocycles. The number of pyridine rings is 2. The Morgan fingerprint density at radius 1 is 1.20 bits per heavy atom. The SMILES string of the molecule is Cc1cnc2c(c1)S(=O)(=O)N(Cc1cc([C@@H](CC(=O)O)c3ccn4c(C)nnc4c3C)ccc1C#N)CC1(CC1)O2. The summed E-state index contributed by atoms with van der Waals surface area (Å²) in [5.74, 6) is -0.734. The van der Waals surface area contributed by atoms with E-state index in [2.05, 4.69) is 21.3 Å². The zero-order chi connectivity index (χ0) is 29.1. The Hall–Kier alpha value is -4.34. The van der Waals surface area contributed by atoms with Gasteiger partial charge in [0.1, 0.15) is 16.3 Å². The molecule has 12 heteroatoms. The van der Waals surface area contributed by atoms with Crippen molar-refractivity contribution < 1.29 is 23.1 Å². The highest BCUT2D eigenvalue weighted by atomic mass is 32.2. The molecule has 1 spiro atoms. The Bertz CT molecular complexity index is 1870. The van der Waals surface area contributed by atoms with Gasteiger partial charge in [0.2, 0.25) is 15.9 Å². The second kappa shape index (κ2) is 9.64. The van der Waals surface area contributed by atoms with E-state index in [-0.39, 0.29) is 30.3 Å². The Morgan fingerprint density at radius 3 is 2.68 bits per heavy atom. The molecule has 0 amide bonds. The number of rotatable bonds is 6. The molecule has 1 aromatic carbocycles. The van der Waals surface area contributed by atoms with Gasteiger partial charge in [-0.15, -0.1) is 10.2 Å². The second-order valence-corrected chi connectivity index (χ2v) is 12.8. The Labute approximate surface area is 237 Å². The molecule has 1 atom stereocenters. The summed E-state index contributed by atoms with van der Waals surface area (Å²) in [6.07, 6.45) is 4.60. The molecule has 4 aromatic rings. The normalized spacial score (nSPS) is 17.8. The minimum atomic E-state index is -4.00. The zero-order valence-electron chi connectivity index (χ0n) is 22.8. The molecule has 41 heavy (non-hydrogen) atoms. The summed E-state index contributed by atoms with van der Waals surface area (Å²) in [6.45, 7) is 5.54. The van der Waals surface area contributed by atoms with Gasteiger partial charge in [0.25, 0.3) is 0 Å². The number of aromatic nitrogens is 4. The molecule has 1 N–H and O–H groups in total. The van der Waals surface area contributed by atoms with Crippen LogP contribution in [0.5, 0.6) is 5.88 Å². The van der Waals surface area contributed by atoms with E-state index in [1.807, 2.05) is 30.5 Å². The number of carbonyl (C=O) groups is 1. The number of nitriles is 1. The van der Waals surface area contributed by atoms with Gasteiger partial charge in [-0.3, -0.25) is 9.20 Å². The Balaban J connectivity index is 1.43. The molecule has 1 fully saturated rings. The molecule has 11 nitrogen and oxygen atoms in total. The van der Waals surface area contributed by atoms with Gasteiger partial charge in [-0.2, -0.15) is 9.57 Å². The van der Waals surface area contributed by atoms with Crippen LogP contribution in [0, 0.1) is 32.1 Å². The number of ether oxygens (including phenoxy) is 1. The summed E-state index contributed by atoms with van der Waals surface area (Å²) in [5, 5.41) is 28.2. The minimum absolute atomic E-state index is 0.00668. The van der Waals surface area contributed by atoms with E-state index in [9.17, 15) is 23.6 Å². The van der Waals surface area contributed by atoms with Gasteiger partial charge in [0, 0.05) is 24.9 Å². The van der Waals surface area contributed by atoms with Crippen LogP contribution in [0.3, 0.4) is 0 Å². The lowest BCUT2D eigenvalue weighted by Gasteiger charge is -2.24. The second-order valence-electron chi connectivity index (χ2n) is 10.9. The van der Waals surface area contributed by atoms with Gasteiger partial charge in [0.15, 0.2) is 5.65 Å². The van der Waals surface area contributed by atoms with Gasteiger partial charge in [-0.25, -0.2) is 13.4 Å². The number of benzene rings is 1. The molecule has 2 aliphatic rings. The average Bonchev–Trinajstić information content (AvgIpc) is 3.60. The topological polar surface area (TPSA) is 151 Å². The highest BCUT2D eigenvalue weighted by Gasteiger charge is 2.52. The summed E-state index contributed by atoms with van der Waals surface area (Å²) in [7, 11) is -4.00. The number of hydrogen-bond acceptors (Lipinski definition) is 8. The molecule has 6 rings (SSSR count). The van der Waals surface area contributed by atoms with Crippen molar-refractivity contribution >= 4 is 21.6 Å². The fraction of sp³-hybridized carbons (Fsp3) is 0.345. The van der Waals surface area contributed by atoms with E-state index in [0.29, 0.717) is 46.6 Å². The monoisotopic (exact) mass is 572 g/mol. The van der Waals surface area contributed by atoms with Gasteiger partial charge in [0.05, 0.1) is 24.6 Å². The number of carboxylic acids is 1. The number of fused-ring (bicyclic) bond motifs is 2. The van der Waals surface area contributed by atoms with Crippen LogP contribution in [0.15, 0.2) is 47.6 Å². The van der Waals surface area contributed by atoms with Gasteiger partial charge < -0.3 is 9.84 Å². The molecule has 1 aliphatic heterocycles. The van der Waals surface area contributed by atoms with Crippen molar-refractivity contribution in [2.45, 2.75) is 63.0 Å². The highest BCUT2D eigenvalue weighted by Crippen LogP contribution is 2.46. The van der Waals surface area contributed by atoms with Gasteiger partial charge in [-0.1, -0.05) is 12.1 Å². The number of carboxylic acid groups (broad SMARTS) is 1. The van der Waals surface area contributed by atoms with E-state index in [4.69, 9.17) is 4.74 Å². The molecule has 1 saturated carbocycles. The first-order valence-corrected chi connectivity index (χ1v) is 14.7. The quantitative estimate of drug-likeness (QED) is 0.365. The van der Waals surface area contributed by atoms with Crippen LogP contribution in [0.2, 0.25) is 0 Å². The first-order valence-electron chi connectivity index (χ1n) is 13.2. The molecule has 3 aromatic heterocycles. The van der Waals surface area contributed by atoms with E-state index in [1.165, 1.54) is 4.31 Å². The number of hydrogen-bond donors (Lipinski definition) is 1. The largest absolute Gasteiger partial charge is 0.481 e. The van der Waals surface area contributed by atoms with Crippen LogP contribution >= 0.6 is 0 Å². The van der Waals surface area contributed by atoms with E-state index in [1.54, 1.807) is 37.4 Å². The lowest BCUT2D eigenvalue weighted by molar-refractivity contribution is -0.137. The molecule has 0 bridgehead atoms. The molecule has 1 aliphatic carbocycles. The molecular weight excluding hydrogens is 544 g/mol. The number of aliphatic carboxylic acids is 1. The predicted molar refractivity (Wildman–Crippen MR) is 147 cm³/mol. The number of aryl methyl sites for hydroxylation is 3. The number of sulfonamides is 1. The summed E-state index contributed by atoms with van der Waals surface area (Å²) >= 11 is 0. The fourth-order valence-corrected chi connectivity index (χ4v) is 7.19. The lowest BCUT2D eigenvalue weighted by atomic mass is 9.85. The van der Waals surface area contributed by atoms with Crippen LogP contribution in [-0.2, 0) is 21.4 Å². The van der Waals surface area contributed by atoms with Gasteiger partial charge in [-0.05, 0) is 79.6 Å². The molecule has 210 valence electrons. The van der Waals surface area contributed by atoms with Gasteiger partial charge >= 0.3 is 5.97 Å². The van der Waals surface area contributed by atoms with Crippen LogP contribution in [0.4, 0.5) is 0 Å². The number of nitrogens with zero attached hydrogens (tertiary/aromatic N) is 6. The lowest BCUT2D eigenvalue weighted by Crippen LogP contribution is -2.38. The maximum atomic E-state index is 13.9. The van der Waals surface area contributed by atoms with Crippen molar-refractivity contribution in [2.75, 3.05) is 6.54 Å². The van der Waals surface area contributed by atoms with Crippen LogP contribution in [-0.4, -0.2) is 55.5 Å². The molecule has 4 heterocycles. The third kappa shape index (κ3) is 4.71. The maximum Gasteiger partial charge on any atom is 0.304 e. The predicted octanol–water partition coefficient (Wildman–Crippen LogP) is 3.64. The molecule has 0 radical (unpaired) electrons. The molecule has 0 unspecified atom stereocenters. The van der Waals surface area contributed by atoms with E-state index in [0.717, 1.165) is 11.1 Å². The smallest absolute Gasteiger partial charge is 0.304 e. The average molecular weight is 573 g/mol. The summed E-state index contributed by atoms with van der Waals surface area (Å²) in [5.41, 5.74) is 3.70. The first-order chi connectivity index (χ1) is 19.5. The summed E-state index contributed by atoms with van der Waals surface area (Å²) in [4.78, 5) is 16.3. The van der Waals surface area contributed by atoms with Crippen LogP contribution < -0.4 is 4.74 Å². The van der Waals surface area contributed by atoms with Crippen LogP contribution in [0.25, 0.3) is 5.65 Å². The highest BCUT2D eigenvalue weighted by molar-refractivity contribution is 7.89. The standard InChI is InChI=1S/C29H28N6O5S/c1-17-10-25-28(31-14-17)40-29(7-8-29)16-34(41(25,38)39)15-22-11-20(4-5-21(22)13-30)24(12-26(36)37)23-6-9-35-19(3)32-33-27(35)18(23)2/h4-6,9-11,14,24H,7-8,12,15-16H2,1-3H3,(H,36,37)/t24-/m1/s1. The van der Waals surface area contributed by atoms with Crippen molar-refractivity contribution in [1.82, 2.24) is 23.9 Å². The van der Waals surface area contributed by atoms with Crippen molar-refractivity contribution in [3.05, 3.63) is 81.9 Å². The maximum absolute atomic E-state index is 13.9. The van der Waals surface area contributed by atoms with E-state index < -0.39 is 27.5 Å². The third-order valence-electron chi connectivity index (χ3n) is 7.95. The van der Waals surface area contributed by atoms with E-state index >= 15 is 0 Å². The Kier molecular flexibility index (Phi) is 6.32. The first kappa shape index (κ1) is 26.9. The fourth-order valence-electron chi connectivity index (χ4n) is 5.55. The summed E-state index contributed by atoms with van der Waals surface area (Å²) in [6, 6.07) is 10.7. The Morgan fingerprint density at radius 2 is 1.98 bits per heavy atom. The van der Waals surface area contributed by atoms with Crippen molar-refractivity contribution in [3.63, 3.8) is 0 Å². The summed E-state index contributed by atoms with van der Waals surface area (Å²) < 4.78 is 37.1. The zero-order valence-corrected chi connectivity index (χ0v) is 23.6. The molecular formula is C29H28N6O5S. The van der Waals surface area contributed by atoms with Crippen molar-refractivity contribution in [3.8, 4) is 11.9 Å².